The minimum Gasteiger partial charge on any atom is -0.272 e. The van der Waals surface area contributed by atoms with E-state index >= 15 is 0 Å². The summed E-state index contributed by atoms with van der Waals surface area (Å²) in [5, 5.41) is 14.5. The number of carbonyl (C=O) groups excluding carboxylic acids is 1. The van der Waals surface area contributed by atoms with Gasteiger partial charge in [0.2, 0.25) is 0 Å². The average Bonchev–Trinajstić information content (AvgIpc) is 2.98. The Bertz CT molecular complexity index is 535. The molecule has 18 heavy (non-hydrogen) atoms. The highest BCUT2D eigenvalue weighted by molar-refractivity contribution is 8.01. The van der Waals surface area contributed by atoms with Crippen LogP contribution in [0, 0.1) is 6.92 Å². The first-order valence-electron chi connectivity index (χ1n) is 5.02. The molecule has 94 valence electrons. The summed E-state index contributed by atoms with van der Waals surface area (Å²) in [5.41, 5.74) is 2.47. The Morgan fingerprint density at radius 3 is 3.17 bits per heavy atom. The molecule has 0 bridgehead atoms. The van der Waals surface area contributed by atoms with Gasteiger partial charge in [0.1, 0.15) is 5.01 Å². The minimum absolute atomic E-state index is 0.152. The van der Waals surface area contributed by atoms with Gasteiger partial charge in [-0.15, -0.1) is 21.5 Å². The minimum atomic E-state index is -0.152. The molecule has 0 unspecified atom stereocenters. The number of rotatable bonds is 5. The number of nitrogens with one attached hydrogen (secondary N) is 1. The van der Waals surface area contributed by atoms with Gasteiger partial charge in [0, 0.05) is 4.88 Å². The summed E-state index contributed by atoms with van der Waals surface area (Å²) in [5.74, 6) is 0.136. The molecule has 2 rings (SSSR count). The highest BCUT2D eigenvalue weighted by atomic mass is 32.2. The third kappa shape index (κ3) is 4.21. The van der Waals surface area contributed by atoms with Gasteiger partial charge in [-0.05, 0) is 18.4 Å². The molecule has 0 fully saturated rings. The number of aromatic nitrogens is 2. The van der Waals surface area contributed by atoms with Gasteiger partial charge in [-0.1, -0.05) is 29.2 Å². The fourth-order valence-corrected chi connectivity index (χ4v) is 3.22. The van der Waals surface area contributed by atoms with E-state index in [2.05, 4.69) is 20.7 Å². The lowest BCUT2D eigenvalue weighted by molar-refractivity contribution is -0.118. The van der Waals surface area contributed by atoms with Crippen LogP contribution in [0.4, 0.5) is 0 Å². The summed E-state index contributed by atoms with van der Waals surface area (Å²) in [7, 11) is 0. The molecule has 0 aliphatic heterocycles. The zero-order valence-corrected chi connectivity index (χ0v) is 11.9. The molecular formula is C10H10N4OS3. The lowest BCUT2D eigenvalue weighted by Gasteiger charge is -1.96. The van der Waals surface area contributed by atoms with E-state index < -0.39 is 0 Å². The second kappa shape index (κ2) is 6.62. The van der Waals surface area contributed by atoms with E-state index in [4.69, 9.17) is 0 Å². The number of thioether (sulfide) groups is 1. The Kier molecular flexibility index (Phi) is 4.85. The number of aryl methyl sites for hydroxylation is 1. The molecule has 2 aromatic rings. The van der Waals surface area contributed by atoms with Crippen molar-refractivity contribution in [1.29, 1.82) is 0 Å². The third-order valence-electron chi connectivity index (χ3n) is 1.76. The molecule has 0 atom stereocenters. The number of nitrogens with zero attached hydrogens (tertiary/aromatic N) is 3. The standard InChI is InChI=1S/C10H10N4OS3/c1-7-12-14-10(18-7)17-6-9(15)13-11-5-8-3-2-4-16-8/h2-5H,6H2,1H3,(H,13,15)/b11-5+. The smallest absolute Gasteiger partial charge is 0.250 e. The Hall–Kier alpha value is -1.25. The number of hydrogen-bond donors (Lipinski definition) is 1. The maximum absolute atomic E-state index is 11.5. The van der Waals surface area contributed by atoms with E-state index in [0.29, 0.717) is 0 Å². The van der Waals surface area contributed by atoms with E-state index in [-0.39, 0.29) is 11.7 Å². The highest BCUT2D eigenvalue weighted by Gasteiger charge is 2.05. The highest BCUT2D eigenvalue weighted by Crippen LogP contribution is 2.21. The molecule has 1 amide bonds. The van der Waals surface area contributed by atoms with Crippen LogP contribution in [0.3, 0.4) is 0 Å². The summed E-state index contributed by atoms with van der Waals surface area (Å²) >= 11 is 4.40. The summed E-state index contributed by atoms with van der Waals surface area (Å²) in [4.78, 5) is 12.5. The number of hydrogen-bond acceptors (Lipinski definition) is 7. The monoisotopic (exact) mass is 298 g/mol. The van der Waals surface area contributed by atoms with Gasteiger partial charge in [-0.3, -0.25) is 4.79 Å². The van der Waals surface area contributed by atoms with Crippen LogP contribution in [0.5, 0.6) is 0 Å². The fraction of sp³-hybridized carbons (Fsp3) is 0.200. The quantitative estimate of drug-likeness (QED) is 0.522. The largest absolute Gasteiger partial charge is 0.272 e. The topological polar surface area (TPSA) is 67.2 Å². The predicted octanol–water partition coefficient (Wildman–Crippen LogP) is 2.15. The van der Waals surface area contributed by atoms with Crippen molar-refractivity contribution < 1.29 is 4.79 Å². The van der Waals surface area contributed by atoms with Gasteiger partial charge in [0.25, 0.3) is 5.91 Å². The van der Waals surface area contributed by atoms with Crippen LogP contribution < -0.4 is 5.43 Å². The number of amides is 1. The molecule has 2 heterocycles. The molecule has 0 saturated carbocycles. The molecule has 0 aromatic carbocycles. The first kappa shape index (κ1) is 13.2. The molecule has 0 saturated heterocycles. The van der Waals surface area contributed by atoms with Crippen LogP contribution in [-0.4, -0.2) is 28.1 Å². The second-order valence-corrected chi connectivity index (χ2v) is 6.57. The third-order valence-corrected chi connectivity index (χ3v) is 4.54. The summed E-state index contributed by atoms with van der Waals surface area (Å²) in [6.45, 7) is 1.88. The molecule has 8 heteroatoms. The molecule has 0 spiro atoms. The van der Waals surface area contributed by atoms with Gasteiger partial charge in [0.05, 0.1) is 12.0 Å². The Morgan fingerprint density at radius 1 is 1.61 bits per heavy atom. The number of hydrazone groups is 1. The summed E-state index contributed by atoms with van der Waals surface area (Å²) in [6, 6.07) is 3.86. The predicted molar refractivity (Wildman–Crippen MR) is 75.4 cm³/mol. The Balaban J connectivity index is 1.72. The van der Waals surface area contributed by atoms with Crippen LogP contribution in [0.15, 0.2) is 27.0 Å². The van der Waals surface area contributed by atoms with Crippen LogP contribution in [0.25, 0.3) is 0 Å². The van der Waals surface area contributed by atoms with Gasteiger partial charge in [-0.2, -0.15) is 5.10 Å². The van der Waals surface area contributed by atoms with E-state index in [1.165, 1.54) is 23.1 Å². The maximum atomic E-state index is 11.5. The van der Waals surface area contributed by atoms with E-state index in [1.807, 2.05) is 24.4 Å². The Morgan fingerprint density at radius 2 is 2.50 bits per heavy atom. The first-order chi connectivity index (χ1) is 8.74. The number of carbonyl (C=O) groups is 1. The van der Waals surface area contributed by atoms with Crippen molar-refractivity contribution in [2.24, 2.45) is 5.10 Å². The molecule has 5 nitrogen and oxygen atoms in total. The first-order valence-corrected chi connectivity index (χ1v) is 7.70. The Labute approximate surface area is 116 Å². The van der Waals surface area contributed by atoms with Crippen LogP contribution >= 0.6 is 34.4 Å². The van der Waals surface area contributed by atoms with Crippen molar-refractivity contribution in [1.82, 2.24) is 15.6 Å². The van der Waals surface area contributed by atoms with Gasteiger partial charge in [-0.25, -0.2) is 5.43 Å². The van der Waals surface area contributed by atoms with Gasteiger partial charge >= 0.3 is 0 Å². The normalized spacial score (nSPS) is 10.9. The molecule has 0 aliphatic rings. The van der Waals surface area contributed by atoms with Crippen LogP contribution in [0.2, 0.25) is 0 Å². The SMILES string of the molecule is Cc1nnc(SCC(=O)N/N=C/c2cccs2)s1. The van der Waals surface area contributed by atoms with E-state index in [1.54, 1.807) is 17.6 Å². The van der Waals surface area contributed by atoms with Crippen molar-refractivity contribution in [2.45, 2.75) is 11.3 Å². The van der Waals surface area contributed by atoms with Crippen molar-refractivity contribution >= 4 is 46.6 Å². The molecule has 2 aromatic heterocycles. The van der Waals surface area contributed by atoms with Crippen LogP contribution in [-0.2, 0) is 4.79 Å². The van der Waals surface area contributed by atoms with Crippen molar-refractivity contribution in [3.8, 4) is 0 Å². The molecule has 1 N–H and O–H groups in total. The van der Waals surface area contributed by atoms with Gasteiger partial charge < -0.3 is 0 Å². The molecule has 0 radical (unpaired) electrons. The fourth-order valence-electron chi connectivity index (χ4n) is 1.03. The maximum Gasteiger partial charge on any atom is 0.250 e. The summed E-state index contributed by atoms with van der Waals surface area (Å²) in [6.07, 6.45) is 1.63. The molecular weight excluding hydrogens is 288 g/mol. The van der Waals surface area contributed by atoms with Crippen molar-refractivity contribution in [3.63, 3.8) is 0 Å². The lowest BCUT2D eigenvalue weighted by Crippen LogP contribution is -2.19. The second-order valence-electron chi connectivity index (χ2n) is 3.18. The zero-order chi connectivity index (χ0) is 12.8. The van der Waals surface area contributed by atoms with E-state index in [0.717, 1.165) is 14.2 Å². The van der Waals surface area contributed by atoms with Gasteiger partial charge in [0.15, 0.2) is 4.34 Å². The van der Waals surface area contributed by atoms with Crippen molar-refractivity contribution in [3.05, 3.63) is 27.4 Å². The van der Waals surface area contributed by atoms with Crippen molar-refractivity contribution in [2.75, 3.05) is 5.75 Å². The molecule has 0 aliphatic carbocycles. The zero-order valence-electron chi connectivity index (χ0n) is 9.49. The lowest BCUT2D eigenvalue weighted by atomic mass is 10.5. The summed E-state index contributed by atoms with van der Waals surface area (Å²) < 4.78 is 0.796. The van der Waals surface area contributed by atoms with E-state index in [9.17, 15) is 4.79 Å². The average molecular weight is 298 g/mol. The number of thiophene rings is 1. The van der Waals surface area contributed by atoms with Crippen LogP contribution in [0.1, 0.15) is 9.88 Å².